The van der Waals surface area contributed by atoms with Crippen LogP contribution in [0.25, 0.3) is 0 Å². The number of likely N-dealkylation sites (tertiary alicyclic amines) is 1. The molecule has 0 aromatic carbocycles. The number of nitrogens with zero attached hydrogens (tertiary/aromatic N) is 3. The Morgan fingerprint density at radius 2 is 2.06 bits per heavy atom. The van der Waals surface area contributed by atoms with Crippen LogP contribution in [0.2, 0.25) is 0 Å². The van der Waals surface area contributed by atoms with E-state index in [2.05, 4.69) is 16.9 Å². The average Bonchev–Trinajstić information content (AvgIpc) is 2.99. The maximum Gasteiger partial charge on any atom is 0.185 e. The van der Waals surface area contributed by atoms with Gasteiger partial charge < -0.3 is 0 Å². The number of rotatable bonds is 5. The number of hydrogen-bond acceptors (Lipinski definition) is 3. The number of aryl methyl sites for hydroxylation is 1. The SMILES string of the molecule is CCCn1cc(C(=O)C(C)(C)N2CCCC2)cn1. The minimum Gasteiger partial charge on any atom is -0.292 e. The highest BCUT2D eigenvalue weighted by atomic mass is 16.1. The van der Waals surface area contributed by atoms with Crippen molar-refractivity contribution in [2.45, 2.75) is 52.1 Å². The zero-order valence-corrected chi connectivity index (χ0v) is 11.6. The van der Waals surface area contributed by atoms with Crippen LogP contribution >= 0.6 is 0 Å². The molecule has 0 amide bonds. The lowest BCUT2D eigenvalue weighted by molar-refractivity contribution is 0.0702. The molecule has 4 heteroatoms. The zero-order chi connectivity index (χ0) is 13.2. The second kappa shape index (κ2) is 5.22. The predicted molar refractivity (Wildman–Crippen MR) is 71.7 cm³/mol. The second-order valence-corrected chi connectivity index (χ2v) is 5.57. The smallest absolute Gasteiger partial charge is 0.185 e. The molecule has 0 radical (unpaired) electrons. The Bertz CT molecular complexity index is 416. The van der Waals surface area contributed by atoms with E-state index in [4.69, 9.17) is 0 Å². The first-order valence-corrected chi connectivity index (χ1v) is 6.88. The highest BCUT2D eigenvalue weighted by molar-refractivity contribution is 6.02. The zero-order valence-electron chi connectivity index (χ0n) is 11.6. The first-order valence-electron chi connectivity index (χ1n) is 6.88. The predicted octanol–water partition coefficient (Wildman–Crippen LogP) is 2.35. The molecule has 100 valence electrons. The van der Waals surface area contributed by atoms with Gasteiger partial charge in [0.2, 0.25) is 0 Å². The number of Topliss-reactive ketones (excluding diaryl/α,β-unsaturated/α-hetero) is 1. The first kappa shape index (κ1) is 13.3. The summed E-state index contributed by atoms with van der Waals surface area (Å²) in [4.78, 5) is 14.9. The molecule has 0 spiro atoms. The monoisotopic (exact) mass is 249 g/mol. The van der Waals surface area contributed by atoms with Gasteiger partial charge in [0.05, 0.1) is 17.3 Å². The molecule has 1 fully saturated rings. The van der Waals surface area contributed by atoms with Gasteiger partial charge in [-0.2, -0.15) is 5.10 Å². The molecule has 2 heterocycles. The molecular formula is C14H23N3O. The van der Waals surface area contributed by atoms with Gasteiger partial charge in [0.1, 0.15) is 0 Å². The van der Waals surface area contributed by atoms with Crippen molar-refractivity contribution in [3.8, 4) is 0 Å². The lowest BCUT2D eigenvalue weighted by atomic mass is 9.93. The maximum absolute atomic E-state index is 12.6. The standard InChI is InChI=1S/C14H23N3O/c1-4-7-17-11-12(10-15-17)13(18)14(2,3)16-8-5-6-9-16/h10-11H,4-9H2,1-3H3. The molecule has 0 saturated carbocycles. The number of hydrogen-bond donors (Lipinski definition) is 0. The van der Waals surface area contributed by atoms with E-state index < -0.39 is 5.54 Å². The van der Waals surface area contributed by atoms with Crippen molar-refractivity contribution in [3.63, 3.8) is 0 Å². The van der Waals surface area contributed by atoms with Crippen LogP contribution < -0.4 is 0 Å². The van der Waals surface area contributed by atoms with Crippen LogP contribution in [0.3, 0.4) is 0 Å². The Morgan fingerprint density at radius 3 is 2.67 bits per heavy atom. The van der Waals surface area contributed by atoms with Crippen molar-refractivity contribution in [1.82, 2.24) is 14.7 Å². The molecule has 1 saturated heterocycles. The van der Waals surface area contributed by atoms with Gasteiger partial charge >= 0.3 is 0 Å². The highest BCUT2D eigenvalue weighted by Crippen LogP contribution is 2.24. The maximum atomic E-state index is 12.6. The summed E-state index contributed by atoms with van der Waals surface area (Å²) in [5.74, 6) is 0.187. The van der Waals surface area contributed by atoms with Gasteiger partial charge in [-0.1, -0.05) is 6.92 Å². The molecule has 0 unspecified atom stereocenters. The fourth-order valence-electron chi connectivity index (χ4n) is 2.61. The topological polar surface area (TPSA) is 38.1 Å². The van der Waals surface area contributed by atoms with E-state index in [-0.39, 0.29) is 5.78 Å². The first-order chi connectivity index (χ1) is 8.55. The van der Waals surface area contributed by atoms with Crippen molar-refractivity contribution in [1.29, 1.82) is 0 Å². The van der Waals surface area contributed by atoms with Crippen molar-refractivity contribution in [3.05, 3.63) is 18.0 Å². The minimum absolute atomic E-state index is 0.187. The molecule has 1 aromatic rings. The largest absolute Gasteiger partial charge is 0.292 e. The molecule has 1 aliphatic rings. The van der Waals surface area contributed by atoms with Gasteiger partial charge in [0, 0.05) is 12.7 Å². The summed E-state index contributed by atoms with van der Waals surface area (Å²) in [6, 6.07) is 0. The number of ketones is 1. The Balaban J connectivity index is 2.13. The molecule has 0 aliphatic carbocycles. The van der Waals surface area contributed by atoms with E-state index in [1.54, 1.807) is 6.20 Å². The van der Waals surface area contributed by atoms with Crippen LogP contribution in [0, 0.1) is 0 Å². The van der Waals surface area contributed by atoms with Gasteiger partial charge in [-0.3, -0.25) is 14.4 Å². The summed E-state index contributed by atoms with van der Waals surface area (Å²) in [7, 11) is 0. The third-order valence-electron chi connectivity index (χ3n) is 3.80. The van der Waals surface area contributed by atoms with E-state index in [9.17, 15) is 4.79 Å². The lowest BCUT2D eigenvalue weighted by Gasteiger charge is -2.33. The highest BCUT2D eigenvalue weighted by Gasteiger charge is 2.36. The Kier molecular flexibility index (Phi) is 3.85. The van der Waals surface area contributed by atoms with Crippen LogP contribution in [0.1, 0.15) is 50.4 Å². The second-order valence-electron chi connectivity index (χ2n) is 5.57. The van der Waals surface area contributed by atoms with E-state index in [0.29, 0.717) is 0 Å². The van der Waals surface area contributed by atoms with Gasteiger partial charge in [-0.25, -0.2) is 0 Å². The van der Waals surface area contributed by atoms with Crippen LogP contribution in [0.15, 0.2) is 12.4 Å². The van der Waals surface area contributed by atoms with E-state index in [1.165, 1.54) is 12.8 Å². The van der Waals surface area contributed by atoms with Crippen molar-refractivity contribution < 1.29 is 4.79 Å². The molecule has 1 aliphatic heterocycles. The molecular weight excluding hydrogens is 226 g/mol. The Labute approximate surface area is 109 Å². The molecule has 4 nitrogen and oxygen atoms in total. The number of aromatic nitrogens is 2. The summed E-state index contributed by atoms with van der Waals surface area (Å²) in [6.45, 7) is 9.09. The van der Waals surface area contributed by atoms with E-state index in [1.807, 2.05) is 24.7 Å². The molecule has 0 atom stereocenters. The summed E-state index contributed by atoms with van der Waals surface area (Å²) < 4.78 is 1.85. The molecule has 18 heavy (non-hydrogen) atoms. The van der Waals surface area contributed by atoms with Crippen LogP contribution in [0.5, 0.6) is 0 Å². The molecule has 2 rings (SSSR count). The van der Waals surface area contributed by atoms with Gasteiger partial charge in [0.15, 0.2) is 5.78 Å². The van der Waals surface area contributed by atoms with Crippen molar-refractivity contribution in [2.24, 2.45) is 0 Å². The van der Waals surface area contributed by atoms with Crippen LogP contribution in [0.4, 0.5) is 0 Å². The van der Waals surface area contributed by atoms with Crippen molar-refractivity contribution >= 4 is 5.78 Å². The quantitative estimate of drug-likeness (QED) is 0.752. The fourth-order valence-corrected chi connectivity index (χ4v) is 2.61. The van der Waals surface area contributed by atoms with Crippen LogP contribution in [-0.4, -0.2) is 39.1 Å². The fraction of sp³-hybridized carbons (Fsp3) is 0.714. The summed E-state index contributed by atoms with van der Waals surface area (Å²) in [5, 5.41) is 4.24. The molecule has 0 N–H and O–H groups in total. The summed E-state index contributed by atoms with van der Waals surface area (Å²) in [5.41, 5.74) is 0.330. The normalized spacial score (nSPS) is 17.3. The Morgan fingerprint density at radius 1 is 1.39 bits per heavy atom. The third kappa shape index (κ3) is 2.48. The summed E-state index contributed by atoms with van der Waals surface area (Å²) in [6.07, 6.45) is 7.02. The summed E-state index contributed by atoms with van der Waals surface area (Å²) >= 11 is 0. The molecule has 0 bridgehead atoms. The van der Waals surface area contributed by atoms with Gasteiger partial charge in [0.25, 0.3) is 0 Å². The van der Waals surface area contributed by atoms with E-state index >= 15 is 0 Å². The van der Waals surface area contributed by atoms with E-state index in [0.717, 1.165) is 31.6 Å². The lowest BCUT2D eigenvalue weighted by Crippen LogP contribution is -2.48. The molecule has 1 aromatic heterocycles. The van der Waals surface area contributed by atoms with Gasteiger partial charge in [-0.15, -0.1) is 0 Å². The Hall–Kier alpha value is -1.16. The average molecular weight is 249 g/mol. The third-order valence-corrected chi connectivity index (χ3v) is 3.80. The van der Waals surface area contributed by atoms with Crippen LogP contribution in [-0.2, 0) is 6.54 Å². The number of carbonyl (C=O) groups excluding carboxylic acids is 1. The minimum atomic E-state index is -0.406. The number of carbonyl (C=O) groups is 1. The van der Waals surface area contributed by atoms with Crippen molar-refractivity contribution in [2.75, 3.05) is 13.1 Å². The van der Waals surface area contributed by atoms with Gasteiger partial charge in [-0.05, 0) is 46.2 Å².